The highest BCUT2D eigenvalue weighted by atomic mass is 16.5. The molecule has 7 N–H and O–H groups in total. The second kappa shape index (κ2) is 76.3. The molecule has 0 spiro atoms. The molecule has 7 fully saturated rings. The van der Waals surface area contributed by atoms with E-state index in [0.29, 0.717) is 95.2 Å². The minimum Gasteiger partial charge on any atom is -0.493 e. The van der Waals surface area contributed by atoms with Crippen LogP contribution < -0.4 is 33.2 Å². The molecular formula is C128H194O20. The predicted molar refractivity (Wildman–Crippen MR) is 597 cm³/mol. The first-order valence-electron chi connectivity index (χ1n) is 58.2. The Hall–Kier alpha value is -8.25. The van der Waals surface area contributed by atoms with E-state index in [1.54, 1.807) is 14.0 Å². The number of rotatable bonds is 54. The molecule has 6 unspecified atom stereocenters. The van der Waals surface area contributed by atoms with Crippen molar-refractivity contribution in [2.75, 3.05) is 86.4 Å². The van der Waals surface area contributed by atoms with Crippen LogP contribution in [0.15, 0.2) is 170 Å². The van der Waals surface area contributed by atoms with Crippen LogP contribution in [0.3, 0.4) is 0 Å². The molecule has 826 valence electrons. The van der Waals surface area contributed by atoms with Crippen molar-refractivity contribution >= 4 is 17.3 Å². The predicted octanol–water partition coefficient (Wildman–Crippen LogP) is 30.2. The Bertz CT molecular complexity index is 4570. The monoisotopic (exact) mass is 2050 g/mol. The molecule has 0 aromatic heterocycles. The van der Waals surface area contributed by atoms with E-state index in [2.05, 4.69) is 27.7 Å². The summed E-state index contributed by atoms with van der Waals surface area (Å²) >= 11 is 0. The molecule has 0 radical (unpaired) electrons. The summed E-state index contributed by atoms with van der Waals surface area (Å²) in [6.45, 7) is 19.1. The molecule has 20 heteroatoms. The number of methoxy groups -OCH3 is 1. The maximum Gasteiger partial charge on any atom is 0.162 e. The highest BCUT2D eigenvalue weighted by molar-refractivity contribution is 5.96. The third-order valence-electron chi connectivity index (χ3n) is 29.9. The number of benzene rings is 7. The minimum absolute atomic E-state index is 0.0451. The van der Waals surface area contributed by atoms with E-state index in [0.717, 1.165) is 221 Å². The number of ether oxygens (including phenoxy) is 10. The quantitative estimate of drug-likeness (QED) is 0.0106. The summed E-state index contributed by atoms with van der Waals surface area (Å²) < 4.78 is 56.7. The van der Waals surface area contributed by atoms with Gasteiger partial charge >= 0.3 is 0 Å². The second-order valence-electron chi connectivity index (χ2n) is 43.0. The van der Waals surface area contributed by atoms with Crippen LogP contribution in [-0.4, -0.2) is 145 Å². The zero-order valence-corrected chi connectivity index (χ0v) is 92.1. The summed E-state index contributed by atoms with van der Waals surface area (Å²) in [5, 5.41) is 71.1. The Morgan fingerprint density at radius 3 is 0.851 bits per heavy atom. The van der Waals surface area contributed by atoms with Crippen LogP contribution in [0.5, 0.6) is 40.2 Å². The lowest BCUT2D eigenvalue weighted by molar-refractivity contribution is -0.124. The molecule has 148 heavy (non-hydrogen) atoms. The highest BCUT2D eigenvalue weighted by Crippen LogP contribution is 2.37. The Morgan fingerprint density at radius 2 is 0.554 bits per heavy atom. The number of ketones is 3. The van der Waals surface area contributed by atoms with Crippen molar-refractivity contribution < 1.29 is 97.5 Å². The summed E-state index contributed by atoms with van der Waals surface area (Å²) in [5.41, 5.74) is 5.64. The van der Waals surface area contributed by atoms with E-state index in [1.165, 1.54) is 199 Å². The van der Waals surface area contributed by atoms with E-state index in [1.807, 2.05) is 177 Å². The van der Waals surface area contributed by atoms with Crippen molar-refractivity contribution in [2.24, 2.45) is 35.5 Å². The molecule has 0 saturated heterocycles. The standard InChI is InChI=1S/C24H38O6.C19H28O3.C18H28O2.C17H26O3.C17H26O2.C17H24O2.C16H24O2/c1-27-13-14-28-15-16-29-19-22(25)10-6-12-24(26)21-9-5-11-23(17-21)30-18-20-7-3-2-4-8-20;1-15(20)7-5-12-19(21)17-10-6-11-18(13-17)22-14-16-8-3-2-4-9-16;1-2-8-18(19)16-11-7-12-17(13-16)20-14-15-9-5-3-4-6-10-15;1-2-7-16(18)14-8-6-9-15(12-14)20-13-17(19)10-4-3-5-11-17;2*1-2-7-17(18)15-10-6-11-16(12-15)19-13-14-8-4-3-5-9-14;1-2-6-16(17)14-9-5-10-15(11-14)18-12-13-7-3-4-8-13/h5,9,11,17,20,24,26H,2-4,6-8,10,12-16,18-19H2,1H3;6,10-11,13,16,19,21H,2-5,7-9,12,14H2,1H3;7,11-13,15,18-19H,2-6,8-10,14H2,1H3;6,8-9,12,16,18-19H,2-5,7,10-11,13H2,1H3;6,10-12,14,17-18H,2-5,7-9,13H2,1H3;6,10-12,14H,2-5,7-9,13H2,1H3;5,9-11,13,16-17H,2-4,6-8,12H2,1H3. The number of hydrogen-bond acceptors (Lipinski definition) is 20. The van der Waals surface area contributed by atoms with Gasteiger partial charge in [0.05, 0.1) is 108 Å². The van der Waals surface area contributed by atoms with Gasteiger partial charge in [0.25, 0.3) is 0 Å². The van der Waals surface area contributed by atoms with E-state index in [4.69, 9.17) is 47.4 Å². The zero-order valence-electron chi connectivity index (χ0n) is 92.1. The second-order valence-corrected chi connectivity index (χ2v) is 43.0. The van der Waals surface area contributed by atoms with Crippen molar-refractivity contribution in [1.82, 2.24) is 0 Å². The summed E-state index contributed by atoms with van der Waals surface area (Å²) in [6.07, 6.45) is 54.2. The molecule has 0 heterocycles. The van der Waals surface area contributed by atoms with Gasteiger partial charge in [-0.1, -0.05) is 280 Å². The number of Topliss-reactive ketones (excluding diaryl/α,β-unsaturated/α-hetero) is 3. The summed E-state index contributed by atoms with van der Waals surface area (Å²) in [4.78, 5) is 34.7. The van der Waals surface area contributed by atoms with Crippen molar-refractivity contribution in [3.63, 3.8) is 0 Å². The fraction of sp³-hybridized carbons (Fsp3) is 0.648. The van der Waals surface area contributed by atoms with Crippen molar-refractivity contribution in [3.8, 4) is 40.2 Å². The fourth-order valence-electron chi connectivity index (χ4n) is 20.7. The lowest BCUT2D eigenvalue weighted by Gasteiger charge is -2.31. The number of aliphatic hydroxyl groups excluding tert-OH is 6. The lowest BCUT2D eigenvalue weighted by atomic mass is 9.85. The average Bonchev–Trinajstić information content (AvgIpc) is 0.967. The molecule has 7 aliphatic carbocycles. The Kier molecular flexibility index (Phi) is 64.4. The van der Waals surface area contributed by atoms with Gasteiger partial charge < -0.3 is 87.9 Å². The molecule has 7 saturated carbocycles. The lowest BCUT2D eigenvalue weighted by Crippen LogP contribution is -2.37. The number of hydrogen-bond donors (Lipinski definition) is 7. The molecule has 14 rings (SSSR count). The van der Waals surface area contributed by atoms with Gasteiger partial charge in [-0.25, -0.2) is 0 Å². The third-order valence-corrected chi connectivity index (χ3v) is 29.9. The van der Waals surface area contributed by atoms with E-state index < -0.39 is 23.9 Å². The summed E-state index contributed by atoms with van der Waals surface area (Å²) in [5.74, 6) is 10.6. The van der Waals surface area contributed by atoms with Crippen LogP contribution in [0.2, 0.25) is 0 Å². The van der Waals surface area contributed by atoms with Gasteiger partial charge in [-0.3, -0.25) is 9.59 Å². The average molecular weight is 2050 g/mol. The SMILES string of the molecule is CC(=O)CCCC(O)c1cccc(OCC2CCCCC2)c1.CCCC(=O)c1cccc(OCC2CCCCC2)c1.CCCC(O)c1cccc(OCC2(O)CCCCC2)c1.CCCC(O)c1cccc(OCC2CCCC2)c1.CCCC(O)c1cccc(OCC2CCCCC2)c1.CCCC(O)c1cccc(OCC2CCCCCC2)c1.COCCOCCOCC(=O)CCCC(O)c1cccc(OCC2CCCCC2)c1. The Labute approximate surface area is 891 Å². The fourth-order valence-corrected chi connectivity index (χ4v) is 20.7. The van der Waals surface area contributed by atoms with Crippen LogP contribution in [0, 0.1) is 35.5 Å². The Morgan fingerprint density at radius 1 is 0.297 bits per heavy atom. The number of carbonyl (C=O) groups is 3. The van der Waals surface area contributed by atoms with E-state index in [9.17, 15) is 50.1 Å². The topological polar surface area (TPSA) is 285 Å². The van der Waals surface area contributed by atoms with Crippen LogP contribution in [0.25, 0.3) is 0 Å². The maximum atomic E-state index is 11.9. The number of carbonyl (C=O) groups excluding carboxylic acids is 3. The molecule has 6 atom stereocenters. The van der Waals surface area contributed by atoms with Crippen molar-refractivity contribution in [3.05, 3.63) is 209 Å². The molecule has 7 aromatic rings. The van der Waals surface area contributed by atoms with Gasteiger partial charge in [-0.05, 0) is 308 Å². The van der Waals surface area contributed by atoms with Gasteiger partial charge in [0.2, 0.25) is 0 Å². The van der Waals surface area contributed by atoms with E-state index >= 15 is 0 Å². The maximum absolute atomic E-state index is 11.9. The van der Waals surface area contributed by atoms with Gasteiger partial charge in [-0.2, -0.15) is 0 Å². The third kappa shape index (κ3) is 53.3. The molecule has 20 nitrogen and oxygen atoms in total. The van der Waals surface area contributed by atoms with Crippen LogP contribution >= 0.6 is 0 Å². The van der Waals surface area contributed by atoms with Crippen LogP contribution in [0.1, 0.15) is 449 Å². The first-order chi connectivity index (χ1) is 72.1. The van der Waals surface area contributed by atoms with Gasteiger partial charge in [0.1, 0.15) is 59.2 Å². The van der Waals surface area contributed by atoms with Gasteiger partial charge in [-0.15, -0.1) is 0 Å². The summed E-state index contributed by atoms with van der Waals surface area (Å²) in [7, 11) is 1.62. The Balaban J connectivity index is 0.000000212. The first-order valence-corrected chi connectivity index (χ1v) is 58.2. The smallest absolute Gasteiger partial charge is 0.162 e. The molecular weight excluding hydrogens is 1860 g/mol. The van der Waals surface area contributed by atoms with Gasteiger partial charge in [0, 0.05) is 31.9 Å². The largest absolute Gasteiger partial charge is 0.493 e. The zero-order chi connectivity index (χ0) is 106. The first kappa shape index (κ1) is 125. The number of aliphatic hydroxyl groups is 7. The minimum atomic E-state index is -0.670. The molecule has 0 amide bonds. The molecule has 0 bridgehead atoms. The van der Waals surface area contributed by atoms with Crippen molar-refractivity contribution in [2.45, 2.75) is 411 Å². The normalized spacial score (nSPS) is 17.5. The molecule has 7 aliphatic rings. The highest BCUT2D eigenvalue weighted by Gasteiger charge is 2.31. The van der Waals surface area contributed by atoms with Crippen LogP contribution in [0.4, 0.5) is 0 Å². The van der Waals surface area contributed by atoms with E-state index in [-0.39, 0.29) is 42.3 Å². The van der Waals surface area contributed by atoms with Crippen LogP contribution in [-0.2, 0) is 23.8 Å². The van der Waals surface area contributed by atoms with Crippen molar-refractivity contribution in [1.29, 1.82) is 0 Å². The van der Waals surface area contributed by atoms with Gasteiger partial charge in [0.15, 0.2) is 11.6 Å². The summed E-state index contributed by atoms with van der Waals surface area (Å²) in [6, 6.07) is 54.5. The molecule has 0 aliphatic heterocycles. The molecule has 7 aromatic carbocycles.